The smallest absolute Gasteiger partial charge is 0.251 e. The van der Waals surface area contributed by atoms with Crippen LogP contribution >= 0.6 is 0 Å². The van der Waals surface area contributed by atoms with Crippen LogP contribution in [0, 0.1) is 6.92 Å². The first kappa shape index (κ1) is 17.0. The summed E-state index contributed by atoms with van der Waals surface area (Å²) in [5, 5.41) is 2.73. The van der Waals surface area contributed by atoms with Crippen LogP contribution in [0.2, 0.25) is 0 Å². The summed E-state index contributed by atoms with van der Waals surface area (Å²) in [5.74, 6) is 0.486. The summed E-state index contributed by atoms with van der Waals surface area (Å²) in [6, 6.07) is 13.5. The summed E-state index contributed by atoms with van der Waals surface area (Å²) < 4.78 is 28.2. The second-order valence-electron chi connectivity index (χ2n) is 5.21. The maximum absolute atomic E-state index is 11.9. The Morgan fingerprint density at radius 1 is 1.04 bits per heavy atom. The Morgan fingerprint density at radius 3 is 2.22 bits per heavy atom. The van der Waals surface area contributed by atoms with Crippen molar-refractivity contribution in [2.75, 3.05) is 19.4 Å². The van der Waals surface area contributed by atoms with Crippen LogP contribution in [-0.2, 0) is 9.84 Å². The fraction of sp³-hybridized carbons (Fsp3) is 0.235. The van der Waals surface area contributed by atoms with E-state index in [1.54, 1.807) is 0 Å². The normalized spacial score (nSPS) is 11.0. The largest absolute Gasteiger partial charge is 0.492 e. The number of ether oxygens (including phenoxy) is 1. The van der Waals surface area contributed by atoms with E-state index in [9.17, 15) is 13.2 Å². The van der Waals surface area contributed by atoms with Crippen molar-refractivity contribution < 1.29 is 17.9 Å². The average Bonchev–Trinajstić information content (AvgIpc) is 2.52. The second-order valence-corrected chi connectivity index (χ2v) is 7.23. The maximum Gasteiger partial charge on any atom is 0.251 e. The predicted molar refractivity (Wildman–Crippen MR) is 88.6 cm³/mol. The van der Waals surface area contributed by atoms with Crippen molar-refractivity contribution in [3.8, 4) is 5.75 Å². The van der Waals surface area contributed by atoms with E-state index in [1.165, 1.54) is 24.3 Å². The SMILES string of the molecule is Cc1ccc(OCCNC(=O)c2ccc(S(C)(=O)=O)cc2)cc1. The summed E-state index contributed by atoms with van der Waals surface area (Å²) in [7, 11) is -3.25. The molecule has 0 saturated heterocycles. The fourth-order valence-electron chi connectivity index (χ4n) is 1.92. The van der Waals surface area contributed by atoms with Crippen LogP contribution < -0.4 is 10.1 Å². The van der Waals surface area contributed by atoms with Crippen molar-refractivity contribution in [1.82, 2.24) is 5.32 Å². The van der Waals surface area contributed by atoms with Crippen LogP contribution in [0.15, 0.2) is 53.4 Å². The predicted octanol–water partition coefficient (Wildman–Crippen LogP) is 2.21. The molecule has 0 aliphatic carbocycles. The molecular weight excluding hydrogens is 314 g/mol. The minimum absolute atomic E-state index is 0.191. The highest BCUT2D eigenvalue weighted by Gasteiger charge is 2.09. The van der Waals surface area contributed by atoms with Gasteiger partial charge in [0.2, 0.25) is 0 Å². The van der Waals surface area contributed by atoms with Crippen LogP contribution in [0.1, 0.15) is 15.9 Å². The Bertz CT molecular complexity index is 765. The molecule has 1 N–H and O–H groups in total. The molecule has 0 unspecified atom stereocenters. The van der Waals surface area contributed by atoms with Gasteiger partial charge in [-0.1, -0.05) is 17.7 Å². The first-order chi connectivity index (χ1) is 10.9. The zero-order valence-corrected chi connectivity index (χ0v) is 13.9. The summed E-state index contributed by atoms with van der Waals surface area (Å²) >= 11 is 0. The van der Waals surface area contributed by atoms with Crippen molar-refractivity contribution in [3.05, 3.63) is 59.7 Å². The summed E-state index contributed by atoms with van der Waals surface area (Å²) in [6.45, 7) is 2.72. The van der Waals surface area contributed by atoms with Gasteiger partial charge in [0.15, 0.2) is 9.84 Å². The molecule has 0 bridgehead atoms. The maximum atomic E-state index is 11.9. The van der Waals surface area contributed by atoms with Crippen molar-refractivity contribution in [2.45, 2.75) is 11.8 Å². The number of rotatable bonds is 6. The number of amides is 1. The molecule has 0 aromatic heterocycles. The molecule has 0 aliphatic rings. The number of sulfone groups is 1. The quantitative estimate of drug-likeness (QED) is 0.823. The van der Waals surface area contributed by atoms with E-state index in [0.29, 0.717) is 18.7 Å². The number of aryl methyl sites for hydroxylation is 1. The number of carbonyl (C=O) groups is 1. The third-order valence-electron chi connectivity index (χ3n) is 3.22. The molecule has 2 aromatic carbocycles. The van der Waals surface area contributed by atoms with Crippen molar-refractivity contribution in [1.29, 1.82) is 0 Å². The Morgan fingerprint density at radius 2 is 1.65 bits per heavy atom. The van der Waals surface area contributed by atoms with E-state index >= 15 is 0 Å². The highest BCUT2D eigenvalue weighted by atomic mass is 32.2. The Hall–Kier alpha value is -2.34. The molecule has 6 heteroatoms. The number of hydrogen-bond donors (Lipinski definition) is 1. The number of nitrogens with one attached hydrogen (secondary N) is 1. The molecule has 1 amide bonds. The van der Waals surface area contributed by atoms with Crippen LogP contribution in [0.25, 0.3) is 0 Å². The van der Waals surface area contributed by atoms with Gasteiger partial charge in [0.1, 0.15) is 12.4 Å². The van der Waals surface area contributed by atoms with Crippen LogP contribution in [0.4, 0.5) is 0 Å². The minimum Gasteiger partial charge on any atom is -0.492 e. The molecule has 0 spiro atoms. The van der Waals surface area contributed by atoms with Gasteiger partial charge in [-0.05, 0) is 43.3 Å². The first-order valence-electron chi connectivity index (χ1n) is 7.14. The summed E-state index contributed by atoms with van der Waals surface area (Å²) in [5.41, 5.74) is 1.57. The molecule has 0 atom stereocenters. The molecule has 5 nitrogen and oxygen atoms in total. The van der Waals surface area contributed by atoms with Gasteiger partial charge >= 0.3 is 0 Å². The van der Waals surface area contributed by atoms with E-state index in [1.807, 2.05) is 31.2 Å². The number of benzene rings is 2. The first-order valence-corrected chi connectivity index (χ1v) is 9.03. The molecule has 0 aliphatic heterocycles. The van der Waals surface area contributed by atoms with E-state index < -0.39 is 9.84 Å². The third kappa shape index (κ3) is 5.10. The van der Waals surface area contributed by atoms with Crippen LogP contribution in [-0.4, -0.2) is 33.7 Å². The third-order valence-corrected chi connectivity index (χ3v) is 4.35. The summed E-state index contributed by atoms with van der Waals surface area (Å²) in [4.78, 5) is 12.1. The van der Waals surface area contributed by atoms with Gasteiger partial charge in [-0.2, -0.15) is 0 Å². The minimum atomic E-state index is -3.25. The molecular formula is C17H19NO4S. The molecule has 2 aromatic rings. The lowest BCUT2D eigenvalue weighted by Gasteiger charge is -2.08. The van der Waals surface area contributed by atoms with Crippen molar-refractivity contribution in [2.24, 2.45) is 0 Å². The Labute approximate surface area is 136 Å². The van der Waals surface area contributed by atoms with Gasteiger partial charge in [-0.3, -0.25) is 4.79 Å². The molecule has 0 radical (unpaired) electrons. The monoisotopic (exact) mass is 333 g/mol. The number of hydrogen-bond acceptors (Lipinski definition) is 4. The molecule has 122 valence electrons. The highest BCUT2D eigenvalue weighted by Crippen LogP contribution is 2.11. The molecule has 0 fully saturated rings. The lowest BCUT2D eigenvalue weighted by Crippen LogP contribution is -2.28. The van der Waals surface area contributed by atoms with E-state index in [4.69, 9.17) is 4.74 Å². The second kappa shape index (κ2) is 7.28. The topological polar surface area (TPSA) is 72.5 Å². The summed E-state index contributed by atoms with van der Waals surface area (Å²) in [6.07, 6.45) is 1.13. The van der Waals surface area contributed by atoms with E-state index in [2.05, 4.69) is 5.32 Å². The van der Waals surface area contributed by atoms with Crippen molar-refractivity contribution in [3.63, 3.8) is 0 Å². The van der Waals surface area contributed by atoms with Gasteiger partial charge in [-0.25, -0.2) is 8.42 Å². The zero-order valence-electron chi connectivity index (χ0n) is 13.1. The molecule has 2 rings (SSSR count). The van der Waals surface area contributed by atoms with E-state index in [0.717, 1.165) is 17.6 Å². The lowest BCUT2D eigenvalue weighted by molar-refractivity contribution is 0.0947. The molecule has 0 heterocycles. The average molecular weight is 333 g/mol. The Kier molecular flexibility index (Phi) is 5.39. The van der Waals surface area contributed by atoms with Gasteiger partial charge in [0.05, 0.1) is 11.4 Å². The van der Waals surface area contributed by atoms with Crippen LogP contribution in [0.5, 0.6) is 5.75 Å². The number of carbonyl (C=O) groups excluding carboxylic acids is 1. The zero-order chi connectivity index (χ0) is 16.9. The molecule has 23 heavy (non-hydrogen) atoms. The van der Waals surface area contributed by atoms with Gasteiger partial charge in [0.25, 0.3) is 5.91 Å². The van der Waals surface area contributed by atoms with Gasteiger partial charge < -0.3 is 10.1 Å². The van der Waals surface area contributed by atoms with E-state index in [-0.39, 0.29) is 10.8 Å². The molecule has 0 saturated carbocycles. The van der Waals surface area contributed by atoms with Crippen molar-refractivity contribution >= 4 is 15.7 Å². The standard InChI is InChI=1S/C17H19NO4S/c1-13-3-7-15(8-4-13)22-12-11-18-17(19)14-5-9-16(10-6-14)23(2,20)21/h3-10H,11-12H2,1-2H3,(H,18,19). The van der Waals surface area contributed by atoms with Gasteiger partial charge in [0, 0.05) is 11.8 Å². The lowest BCUT2D eigenvalue weighted by atomic mass is 10.2. The van der Waals surface area contributed by atoms with Crippen LogP contribution in [0.3, 0.4) is 0 Å². The Balaban J connectivity index is 1.81. The fourth-order valence-corrected chi connectivity index (χ4v) is 2.55. The van der Waals surface area contributed by atoms with Gasteiger partial charge in [-0.15, -0.1) is 0 Å². The highest BCUT2D eigenvalue weighted by molar-refractivity contribution is 7.90.